The van der Waals surface area contributed by atoms with Crippen molar-refractivity contribution >= 4 is 22.4 Å². The molecule has 1 aromatic heterocycles. The van der Waals surface area contributed by atoms with Crippen LogP contribution in [0, 0.1) is 0 Å². The molecule has 0 fully saturated rings. The van der Waals surface area contributed by atoms with E-state index >= 15 is 0 Å². The van der Waals surface area contributed by atoms with Gasteiger partial charge in [0.1, 0.15) is 0 Å². The van der Waals surface area contributed by atoms with E-state index in [9.17, 15) is 0 Å². The molecule has 0 atom stereocenters. The highest BCUT2D eigenvalue weighted by molar-refractivity contribution is 6.28. The lowest BCUT2D eigenvalue weighted by Crippen LogP contribution is -1.98. The van der Waals surface area contributed by atoms with Gasteiger partial charge in [0, 0.05) is 11.1 Å². The first-order chi connectivity index (χ1) is 17.3. The third-order valence-corrected chi connectivity index (χ3v) is 6.82. The highest BCUT2D eigenvalue weighted by atomic mass is 35.5. The summed E-state index contributed by atoms with van der Waals surface area (Å²) in [5.74, 6) is 1.12. The molecule has 5 aromatic carbocycles. The monoisotopic (exact) mass is 467 g/mol. The highest BCUT2D eigenvalue weighted by Crippen LogP contribution is 2.49. The highest BCUT2D eigenvalue weighted by Gasteiger charge is 2.23. The van der Waals surface area contributed by atoms with Gasteiger partial charge in [0.2, 0.25) is 5.28 Å². The average molecular weight is 468 g/mol. The van der Waals surface area contributed by atoms with Crippen molar-refractivity contribution in [2.45, 2.75) is 0 Å². The molecule has 0 bridgehead atoms. The van der Waals surface area contributed by atoms with Crippen molar-refractivity contribution in [2.24, 2.45) is 0 Å². The van der Waals surface area contributed by atoms with E-state index < -0.39 is 0 Å². The summed E-state index contributed by atoms with van der Waals surface area (Å²) in [6.45, 7) is 0. The van der Waals surface area contributed by atoms with Gasteiger partial charge in [-0.1, -0.05) is 109 Å². The molecule has 0 aliphatic heterocycles. The number of fused-ring (bicyclic) bond motifs is 3. The van der Waals surface area contributed by atoms with Crippen LogP contribution in [0.4, 0.5) is 0 Å². The third-order valence-electron chi connectivity index (χ3n) is 6.65. The van der Waals surface area contributed by atoms with Gasteiger partial charge in [0.25, 0.3) is 0 Å². The fourth-order valence-corrected chi connectivity index (χ4v) is 5.30. The number of rotatable bonds is 3. The van der Waals surface area contributed by atoms with Crippen molar-refractivity contribution in [3.63, 3.8) is 0 Å². The van der Waals surface area contributed by atoms with E-state index in [-0.39, 0.29) is 5.28 Å². The number of nitrogens with zero attached hydrogens (tertiary/aromatic N) is 3. The maximum absolute atomic E-state index is 6.38. The Morgan fingerprint density at radius 3 is 1.69 bits per heavy atom. The first-order valence-corrected chi connectivity index (χ1v) is 11.9. The van der Waals surface area contributed by atoms with Crippen LogP contribution < -0.4 is 0 Å². The van der Waals surface area contributed by atoms with Crippen LogP contribution >= 0.6 is 11.6 Å². The molecule has 0 saturated carbocycles. The fraction of sp³-hybridized carbons (Fsp3) is 0. The van der Waals surface area contributed by atoms with E-state index in [0.29, 0.717) is 11.6 Å². The molecule has 7 rings (SSSR count). The first kappa shape index (κ1) is 20.1. The minimum atomic E-state index is 0.180. The SMILES string of the molecule is Clc1nc(-c2ccccc2)nc(-c2ccccc2-c2ccc3c4c(cccc24)-c2ccccc2-3)n1. The normalized spacial score (nSPS) is 11.6. The van der Waals surface area contributed by atoms with Crippen LogP contribution in [0.25, 0.3) is 66.9 Å². The summed E-state index contributed by atoms with van der Waals surface area (Å²) in [6.07, 6.45) is 0. The average Bonchev–Trinajstić information content (AvgIpc) is 3.24. The molecule has 1 heterocycles. The van der Waals surface area contributed by atoms with E-state index in [1.54, 1.807) is 0 Å². The van der Waals surface area contributed by atoms with Crippen molar-refractivity contribution in [3.05, 3.63) is 114 Å². The second-order valence-electron chi connectivity index (χ2n) is 8.60. The maximum Gasteiger partial charge on any atom is 0.226 e. The third kappa shape index (κ3) is 3.17. The van der Waals surface area contributed by atoms with E-state index in [1.807, 2.05) is 42.5 Å². The summed E-state index contributed by atoms with van der Waals surface area (Å²) in [6, 6.07) is 37.7. The Balaban J connectivity index is 1.46. The van der Waals surface area contributed by atoms with Crippen molar-refractivity contribution in [1.29, 1.82) is 0 Å². The van der Waals surface area contributed by atoms with Gasteiger partial charge >= 0.3 is 0 Å². The molecule has 35 heavy (non-hydrogen) atoms. The lowest BCUT2D eigenvalue weighted by atomic mass is 9.91. The van der Waals surface area contributed by atoms with Crippen LogP contribution in [0.2, 0.25) is 5.28 Å². The second-order valence-corrected chi connectivity index (χ2v) is 8.94. The van der Waals surface area contributed by atoms with Gasteiger partial charge in [-0.3, -0.25) is 0 Å². The molecule has 0 unspecified atom stereocenters. The largest absolute Gasteiger partial charge is 0.226 e. The summed E-state index contributed by atoms with van der Waals surface area (Å²) in [5, 5.41) is 2.69. The summed E-state index contributed by atoms with van der Waals surface area (Å²) in [7, 11) is 0. The topological polar surface area (TPSA) is 38.7 Å². The van der Waals surface area contributed by atoms with E-state index in [1.165, 1.54) is 33.0 Å². The molecule has 0 N–H and O–H groups in total. The Bertz CT molecular complexity index is 1730. The zero-order valence-electron chi connectivity index (χ0n) is 18.6. The Morgan fingerprint density at radius 1 is 0.400 bits per heavy atom. The molecule has 4 heteroatoms. The van der Waals surface area contributed by atoms with Crippen molar-refractivity contribution in [3.8, 4) is 56.2 Å². The molecule has 164 valence electrons. The Hall–Kier alpha value is -4.34. The van der Waals surface area contributed by atoms with Crippen LogP contribution in [0.3, 0.4) is 0 Å². The van der Waals surface area contributed by atoms with Crippen LogP contribution in [-0.2, 0) is 0 Å². The molecule has 0 amide bonds. The van der Waals surface area contributed by atoms with Crippen LogP contribution in [-0.4, -0.2) is 15.0 Å². The lowest BCUT2D eigenvalue weighted by molar-refractivity contribution is 1.07. The summed E-state index contributed by atoms with van der Waals surface area (Å²) < 4.78 is 0. The van der Waals surface area contributed by atoms with Gasteiger partial charge in [0.05, 0.1) is 0 Å². The first-order valence-electron chi connectivity index (χ1n) is 11.5. The minimum Gasteiger partial charge on any atom is -0.208 e. The number of benzene rings is 5. The smallest absolute Gasteiger partial charge is 0.208 e. The molecule has 0 radical (unpaired) electrons. The molecule has 1 aliphatic rings. The van der Waals surface area contributed by atoms with E-state index in [0.717, 1.165) is 22.3 Å². The van der Waals surface area contributed by atoms with Crippen molar-refractivity contribution in [2.75, 3.05) is 0 Å². The standard InChI is InChI=1S/C31H18ClN3/c32-31-34-29(19-9-2-1-3-10-19)33-30(35-31)27-14-7-6-13-22(27)23-17-18-26-21-12-5-4-11-20(21)24-15-8-16-25(23)28(24)26/h1-18H. The number of hydrogen-bond donors (Lipinski definition) is 0. The zero-order valence-corrected chi connectivity index (χ0v) is 19.4. The minimum absolute atomic E-state index is 0.180. The predicted octanol–water partition coefficient (Wildman–Crippen LogP) is 8.33. The van der Waals surface area contributed by atoms with E-state index in [2.05, 4.69) is 76.7 Å². The lowest BCUT2D eigenvalue weighted by Gasteiger charge is -2.14. The molecule has 1 aliphatic carbocycles. The predicted molar refractivity (Wildman–Crippen MR) is 143 cm³/mol. The van der Waals surface area contributed by atoms with Crippen molar-refractivity contribution in [1.82, 2.24) is 15.0 Å². The van der Waals surface area contributed by atoms with Crippen LogP contribution in [0.15, 0.2) is 109 Å². The van der Waals surface area contributed by atoms with Gasteiger partial charge in [-0.25, -0.2) is 4.98 Å². The van der Waals surface area contributed by atoms with Gasteiger partial charge < -0.3 is 0 Å². The van der Waals surface area contributed by atoms with Gasteiger partial charge in [0.15, 0.2) is 11.6 Å². The number of aromatic nitrogens is 3. The molecular weight excluding hydrogens is 450 g/mol. The quantitative estimate of drug-likeness (QED) is 0.262. The van der Waals surface area contributed by atoms with Crippen molar-refractivity contribution < 1.29 is 0 Å². The molecule has 0 saturated heterocycles. The number of hydrogen-bond acceptors (Lipinski definition) is 3. The summed E-state index contributed by atoms with van der Waals surface area (Å²) in [5.41, 5.74) is 9.17. The maximum atomic E-state index is 6.38. The molecular formula is C31H18ClN3. The summed E-state index contributed by atoms with van der Waals surface area (Å²) in [4.78, 5) is 13.7. The Labute approximate surface area is 207 Å². The molecule has 3 nitrogen and oxygen atoms in total. The molecule has 6 aromatic rings. The van der Waals surface area contributed by atoms with Crippen LogP contribution in [0.1, 0.15) is 0 Å². The summed E-state index contributed by atoms with van der Waals surface area (Å²) >= 11 is 6.38. The second kappa shape index (κ2) is 7.86. The Morgan fingerprint density at radius 2 is 0.943 bits per heavy atom. The zero-order chi connectivity index (χ0) is 23.4. The number of halogens is 1. The fourth-order valence-electron chi connectivity index (χ4n) is 5.14. The van der Waals surface area contributed by atoms with Gasteiger partial charge in [-0.05, 0) is 55.8 Å². The van der Waals surface area contributed by atoms with Gasteiger partial charge in [-0.15, -0.1) is 0 Å². The Kier molecular flexibility index (Phi) is 4.51. The van der Waals surface area contributed by atoms with Gasteiger partial charge in [-0.2, -0.15) is 9.97 Å². The van der Waals surface area contributed by atoms with Crippen LogP contribution in [0.5, 0.6) is 0 Å². The molecule has 0 spiro atoms. The van der Waals surface area contributed by atoms with E-state index in [4.69, 9.17) is 16.6 Å².